The number of rotatable bonds is 4. The third-order valence-corrected chi connectivity index (χ3v) is 3.84. The Bertz CT molecular complexity index is 931. The van der Waals surface area contributed by atoms with Crippen LogP contribution in [0, 0.1) is 13.8 Å². The molecule has 0 fully saturated rings. The number of aryl methyl sites for hydroxylation is 2. The summed E-state index contributed by atoms with van der Waals surface area (Å²) in [6.07, 6.45) is 0. The Morgan fingerprint density at radius 3 is 2.62 bits per heavy atom. The first kappa shape index (κ1) is 15.9. The van der Waals surface area contributed by atoms with Gasteiger partial charge in [-0.25, -0.2) is 9.78 Å². The molecule has 3 rings (SSSR count). The Hall–Kier alpha value is -3.01. The highest BCUT2D eigenvalue weighted by molar-refractivity contribution is 6.00. The maximum absolute atomic E-state index is 12.3. The number of benzene rings is 2. The monoisotopic (exact) mass is 319 g/mol. The lowest BCUT2D eigenvalue weighted by molar-refractivity contribution is 0.0469. The molecule has 0 aliphatic carbocycles. The van der Waals surface area contributed by atoms with E-state index in [1.54, 1.807) is 12.1 Å². The number of hydrogen-bond donors (Lipinski definition) is 0. The molecule has 2 aromatic carbocycles. The van der Waals surface area contributed by atoms with Crippen molar-refractivity contribution >= 4 is 22.7 Å². The van der Waals surface area contributed by atoms with Crippen LogP contribution in [0.2, 0.25) is 0 Å². The van der Waals surface area contributed by atoms with E-state index >= 15 is 0 Å². The van der Waals surface area contributed by atoms with Gasteiger partial charge in [-0.2, -0.15) is 0 Å². The van der Waals surface area contributed by atoms with E-state index in [0.29, 0.717) is 11.1 Å². The van der Waals surface area contributed by atoms with Crippen LogP contribution in [0.15, 0.2) is 54.6 Å². The molecular formula is C20H17NO3. The summed E-state index contributed by atoms with van der Waals surface area (Å²) in [7, 11) is 0. The van der Waals surface area contributed by atoms with Gasteiger partial charge >= 0.3 is 5.97 Å². The number of Topliss-reactive ketones (excluding diaryl/α,β-unsaturated/α-hetero) is 1. The first-order valence-corrected chi connectivity index (χ1v) is 7.68. The Morgan fingerprint density at radius 2 is 1.79 bits per heavy atom. The zero-order chi connectivity index (χ0) is 17.1. The first-order valence-electron chi connectivity index (χ1n) is 7.68. The zero-order valence-electron chi connectivity index (χ0n) is 13.6. The predicted molar refractivity (Wildman–Crippen MR) is 92.3 cm³/mol. The molecule has 1 aromatic heterocycles. The van der Waals surface area contributed by atoms with Gasteiger partial charge in [0.05, 0.1) is 5.52 Å². The zero-order valence-corrected chi connectivity index (χ0v) is 13.6. The van der Waals surface area contributed by atoms with Crippen molar-refractivity contribution in [2.45, 2.75) is 13.8 Å². The fourth-order valence-electron chi connectivity index (χ4n) is 2.50. The molecule has 4 heteroatoms. The van der Waals surface area contributed by atoms with E-state index in [0.717, 1.165) is 16.5 Å². The summed E-state index contributed by atoms with van der Waals surface area (Å²) in [5.41, 5.74) is 3.35. The normalized spacial score (nSPS) is 10.6. The number of ether oxygens (including phenoxy) is 1. The van der Waals surface area contributed by atoms with Crippen LogP contribution in [-0.4, -0.2) is 23.3 Å². The largest absolute Gasteiger partial charge is 0.453 e. The van der Waals surface area contributed by atoms with Crippen molar-refractivity contribution in [3.63, 3.8) is 0 Å². The second-order valence-corrected chi connectivity index (χ2v) is 5.71. The van der Waals surface area contributed by atoms with Gasteiger partial charge in [0.25, 0.3) is 0 Å². The van der Waals surface area contributed by atoms with Gasteiger partial charge in [0.2, 0.25) is 5.78 Å². The van der Waals surface area contributed by atoms with E-state index in [1.807, 2.05) is 56.3 Å². The number of esters is 1. The number of para-hydroxylation sites is 1. The lowest BCUT2D eigenvalue weighted by Crippen LogP contribution is -2.16. The molecule has 0 atom stereocenters. The third kappa shape index (κ3) is 3.33. The molecule has 0 spiro atoms. The van der Waals surface area contributed by atoms with Crippen LogP contribution in [0.5, 0.6) is 0 Å². The molecule has 3 aromatic rings. The van der Waals surface area contributed by atoms with Crippen molar-refractivity contribution in [3.8, 4) is 0 Å². The van der Waals surface area contributed by atoms with Gasteiger partial charge in [-0.1, -0.05) is 42.0 Å². The minimum atomic E-state index is -0.598. The smallest absolute Gasteiger partial charge is 0.357 e. The van der Waals surface area contributed by atoms with Crippen molar-refractivity contribution in [1.29, 1.82) is 0 Å². The highest BCUT2D eigenvalue weighted by atomic mass is 16.5. The SMILES string of the molecule is Cc1ccc(C)c(C(=O)COC(=O)c2ccc3ccccc3n2)c1. The Kier molecular flexibility index (Phi) is 4.38. The van der Waals surface area contributed by atoms with Crippen molar-refractivity contribution in [1.82, 2.24) is 4.98 Å². The Labute approximate surface area is 140 Å². The molecular weight excluding hydrogens is 302 g/mol. The average molecular weight is 319 g/mol. The average Bonchev–Trinajstić information content (AvgIpc) is 2.61. The number of pyridine rings is 1. The summed E-state index contributed by atoms with van der Waals surface area (Å²) in [6, 6.07) is 16.6. The molecule has 0 amide bonds. The molecule has 0 saturated heterocycles. The minimum Gasteiger partial charge on any atom is -0.453 e. The number of carbonyl (C=O) groups excluding carboxylic acids is 2. The number of carbonyl (C=O) groups is 2. The number of ketones is 1. The molecule has 0 aliphatic heterocycles. The highest BCUT2D eigenvalue weighted by Gasteiger charge is 2.15. The number of aromatic nitrogens is 1. The highest BCUT2D eigenvalue weighted by Crippen LogP contribution is 2.14. The lowest BCUT2D eigenvalue weighted by atomic mass is 10.0. The number of hydrogen-bond acceptors (Lipinski definition) is 4. The van der Waals surface area contributed by atoms with Gasteiger partial charge in [-0.15, -0.1) is 0 Å². The van der Waals surface area contributed by atoms with E-state index in [9.17, 15) is 9.59 Å². The van der Waals surface area contributed by atoms with Gasteiger partial charge < -0.3 is 4.74 Å². The molecule has 0 unspecified atom stereocenters. The summed E-state index contributed by atoms with van der Waals surface area (Å²) in [5, 5.41) is 0.945. The lowest BCUT2D eigenvalue weighted by Gasteiger charge is -2.07. The van der Waals surface area contributed by atoms with Crippen LogP contribution in [-0.2, 0) is 4.74 Å². The van der Waals surface area contributed by atoms with Gasteiger partial charge in [0.1, 0.15) is 5.69 Å². The third-order valence-electron chi connectivity index (χ3n) is 3.84. The van der Waals surface area contributed by atoms with Crippen LogP contribution in [0.1, 0.15) is 32.0 Å². The van der Waals surface area contributed by atoms with Gasteiger partial charge in [-0.3, -0.25) is 4.79 Å². The molecule has 1 heterocycles. The van der Waals surface area contributed by atoms with Gasteiger partial charge in [-0.05, 0) is 37.6 Å². The predicted octanol–water partition coefficient (Wildman–Crippen LogP) is 3.89. The fraction of sp³-hybridized carbons (Fsp3) is 0.150. The summed E-state index contributed by atoms with van der Waals surface area (Å²) >= 11 is 0. The fourth-order valence-corrected chi connectivity index (χ4v) is 2.50. The van der Waals surface area contributed by atoms with E-state index in [2.05, 4.69) is 4.98 Å². The minimum absolute atomic E-state index is 0.197. The molecule has 0 saturated carbocycles. The summed E-state index contributed by atoms with van der Waals surface area (Å²) in [4.78, 5) is 28.7. The Morgan fingerprint density at radius 1 is 1.00 bits per heavy atom. The van der Waals surface area contributed by atoms with Crippen LogP contribution in [0.25, 0.3) is 10.9 Å². The second kappa shape index (κ2) is 6.62. The maximum atomic E-state index is 12.3. The topological polar surface area (TPSA) is 56.3 Å². The van der Waals surface area contributed by atoms with Crippen LogP contribution < -0.4 is 0 Å². The van der Waals surface area contributed by atoms with E-state index in [-0.39, 0.29) is 18.1 Å². The van der Waals surface area contributed by atoms with Gasteiger partial charge in [0.15, 0.2) is 6.61 Å². The van der Waals surface area contributed by atoms with Crippen LogP contribution in [0.3, 0.4) is 0 Å². The molecule has 0 radical (unpaired) electrons. The van der Waals surface area contributed by atoms with E-state index < -0.39 is 5.97 Å². The molecule has 0 aliphatic rings. The van der Waals surface area contributed by atoms with E-state index in [4.69, 9.17) is 4.74 Å². The molecule has 4 nitrogen and oxygen atoms in total. The molecule has 120 valence electrons. The number of fused-ring (bicyclic) bond motifs is 1. The van der Waals surface area contributed by atoms with E-state index in [1.165, 1.54) is 0 Å². The van der Waals surface area contributed by atoms with Crippen molar-refractivity contribution in [3.05, 3.63) is 77.0 Å². The Balaban J connectivity index is 1.72. The molecule has 0 N–H and O–H groups in total. The first-order chi connectivity index (χ1) is 11.5. The quantitative estimate of drug-likeness (QED) is 0.541. The van der Waals surface area contributed by atoms with Crippen molar-refractivity contribution < 1.29 is 14.3 Å². The second-order valence-electron chi connectivity index (χ2n) is 5.71. The van der Waals surface area contributed by atoms with Gasteiger partial charge in [0, 0.05) is 10.9 Å². The van der Waals surface area contributed by atoms with Crippen molar-refractivity contribution in [2.24, 2.45) is 0 Å². The maximum Gasteiger partial charge on any atom is 0.357 e. The molecule has 0 bridgehead atoms. The summed E-state index contributed by atoms with van der Waals surface area (Å²) < 4.78 is 5.14. The summed E-state index contributed by atoms with van der Waals surface area (Å²) in [5.74, 6) is -0.815. The van der Waals surface area contributed by atoms with Crippen molar-refractivity contribution in [2.75, 3.05) is 6.61 Å². The summed E-state index contributed by atoms with van der Waals surface area (Å²) in [6.45, 7) is 3.48. The van der Waals surface area contributed by atoms with Crippen LogP contribution >= 0.6 is 0 Å². The molecule has 24 heavy (non-hydrogen) atoms. The standard InChI is InChI=1S/C20H17NO3/c1-13-7-8-14(2)16(11-13)19(22)12-24-20(23)18-10-9-15-5-3-4-6-17(15)21-18/h3-11H,12H2,1-2H3. The number of nitrogens with zero attached hydrogens (tertiary/aromatic N) is 1. The van der Waals surface area contributed by atoms with Crippen LogP contribution in [0.4, 0.5) is 0 Å².